The highest BCUT2D eigenvalue weighted by molar-refractivity contribution is 5.37. The van der Waals surface area contributed by atoms with Gasteiger partial charge in [0.15, 0.2) is 0 Å². The molecule has 0 aliphatic heterocycles. The zero-order valence-electron chi connectivity index (χ0n) is 13.5. The molecule has 1 N–H and O–H groups in total. The first-order valence-corrected chi connectivity index (χ1v) is 7.93. The van der Waals surface area contributed by atoms with E-state index in [1.54, 1.807) is 6.07 Å². The van der Waals surface area contributed by atoms with Crippen LogP contribution in [0.25, 0.3) is 0 Å². The summed E-state index contributed by atoms with van der Waals surface area (Å²) in [6.45, 7) is 8.77. The van der Waals surface area contributed by atoms with Crippen LogP contribution < -0.4 is 10.1 Å². The molecule has 1 rings (SSSR count). The molecule has 120 valence electrons. The quantitative estimate of drug-likeness (QED) is 0.624. The smallest absolute Gasteiger partial charge is 0.131 e. The summed E-state index contributed by atoms with van der Waals surface area (Å²) in [5.74, 6) is 0.376. The molecule has 0 heterocycles. The first-order valence-electron chi connectivity index (χ1n) is 7.93. The second-order valence-corrected chi connectivity index (χ2v) is 5.14. The summed E-state index contributed by atoms with van der Waals surface area (Å²) in [5, 5.41) is 3.30. The summed E-state index contributed by atoms with van der Waals surface area (Å²) < 4.78 is 25.2. The summed E-state index contributed by atoms with van der Waals surface area (Å²) in [6, 6.07) is 4.90. The van der Waals surface area contributed by atoms with Crippen LogP contribution in [-0.4, -0.2) is 26.4 Å². The van der Waals surface area contributed by atoms with Gasteiger partial charge in [-0.25, -0.2) is 4.39 Å². The van der Waals surface area contributed by atoms with Crippen molar-refractivity contribution in [3.05, 3.63) is 29.6 Å². The molecule has 0 aromatic heterocycles. The van der Waals surface area contributed by atoms with E-state index in [-0.39, 0.29) is 11.9 Å². The van der Waals surface area contributed by atoms with Crippen LogP contribution in [0.15, 0.2) is 18.2 Å². The molecule has 0 fully saturated rings. The highest BCUT2D eigenvalue weighted by Crippen LogP contribution is 2.27. The van der Waals surface area contributed by atoms with Crippen LogP contribution in [0.3, 0.4) is 0 Å². The Bertz CT molecular complexity index is 398. The van der Waals surface area contributed by atoms with Gasteiger partial charge in [0.1, 0.15) is 18.2 Å². The lowest BCUT2D eigenvalue weighted by Crippen LogP contribution is -2.21. The van der Waals surface area contributed by atoms with Crippen LogP contribution in [0.2, 0.25) is 0 Å². The third-order valence-electron chi connectivity index (χ3n) is 3.27. The average molecular weight is 297 g/mol. The van der Waals surface area contributed by atoms with Crippen LogP contribution in [0.1, 0.15) is 51.6 Å². The van der Waals surface area contributed by atoms with E-state index in [0.717, 1.165) is 32.4 Å². The van der Waals surface area contributed by atoms with Gasteiger partial charge < -0.3 is 14.8 Å². The minimum absolute atomic E-state index is 0.0674. The van der Waals surface area contributed by atoms with Gasteiger partial charge in [-0.3, -0.25) is 0 Å². The lowest BCUT2D eigenvalue weighted by atomic mass is 10.1. The van der Waals surface area contributed by atoms with Crippen molar-refractivity contribution in [3.8, 4) is 5.75 Å². The van der Waals surface area contributed by atoms with Crippen molar-refractivity contribution in [2.75, 3.05) is 26.4 Å². The van der Waals surface area contributed by atoms with Crippen LogP contribution in [0.5, 0.6) is 5.75 Å². The summed E-state index contributed by atoms with van der Waals surface area (Å²) >= 11 is 0. The predicted octanol–water partition coefficient (Wildman–Crippen LogP) is 4.08. The van der Waals surface area contributed by atoms with Crippen molar-refractivity contribution in [2.45, 2.75) is 46.1 Å². The molecule has 0 aliphatic carbocycles. The third kappa shape index (κ3) is 6.44. The summed E-state index contributed by atoms with van der Waals surface area (Å²) in [7, 11) is 0. The van der Waals surface area contributed by atoms with Crippen molar-refractivity contribution in [1.29, 1.82) is 0 Å². The molecular formula is C17H28FNO2. The second-order valence-electron chi connectivity index (χ2n) is 5.14. The Morgan fingerprint density at radius 2 is 1.95 bits per heavy atom. The van der Waals surface area contributed by atoms with E-state index < -0.39 is 0 Å². The zero-order valence-corrected chi connectivity index (χ0v) is 13.5. The molecule has 0 radical (unpaired) electrons. The van der Waals surface area contributed by atoms with E-state index in [1.807, 2.05) is 13.0 Å². The van der Waals surface area contributed by atoms with Gasteiger partial charge in [-0.15, -0.1) is 0 Å². The monoisotopic (exact) mass is 297 g/mol. The Balaban J connectivity index is 2.54. The Kier molecular flexibility index (Phi) is 9.02. The number of halogens is 1. The highest BCUT2D eigenvalue weighted by Gasteiger charge is 2.16. The Morgan fingerprint density at radius 1 is 1.14 bits per heavy atom. The molecule has 1 aromatic carbocycles. The largest absolute Gasteiger partial charge is 0.491 e. The van der Waals surface area contributed by atoms with Gasteiger partial charge in [-0.1, -0.05) is 26.3 Å². The highest BCUT2D eigenvalue weighted by atomic mass is 19.1. The maximum absolute atomic E-state index is 14.1. The minimum Gasteiger partial charge on any atom is -0.491 e. The summed E-state index contributed by atoms with van der Waals surface area (Å²) in [5.41, 5.74) is 0.597. The first kappa shape index (κ1) is 17.9. The molecule has 0 saturated carbocycles. The lowest BCUT2D eigenvalue weighted by molar-refractivity contribution is 0.0974. The van der Waals surface area contributed by atoms with Crippen LogP contribution in [-0.2, 0) is 4.74 Å². The number of nitrogens with one attached hydrogen (secondary N) is 1. The second kappa shape index (κ2) is 10.6. The zero-order chi connectivity index (χ0) is 15.5. The average Bonchev–Trinajstić information content (AvgIpc) is 2.48. The minimum atomic E-state index is -0.226. The number of ether oxygens (including phenoxy) is 2. The Morgan fingerprint density at radius 3 is 2.67 bits per heavy atom. The van der Waals surface area contributed by atoms with Crippen molar-refractivity contribution in [1.82, 2.24) is 5.32 Å². The molecule has 3 nitrogen and oxygen atoms in total. The lowest BCUT2D eigenvalue weighted by Gasteiger charge is -2.19. The van der Waals surface area contributed by atoms with Crippen LogP contribution in [0, 0.1) is 5.82 Å². The number of hydrogen-bond acceptors (Lipinski definition) is 3. The standard InChI is InChI=1S/C17H28FNO2/c1-4-6-11-20-12-13-21-16-9-7-8-15(18)17(16)14(3)19-10-5-2/h7-9,14,19H,4-6,10-13H2,1-3H3. The molecule has 0 aliphatic rings. The molecule has 21 heavy (non-hydrogen) atoms. The SMILES string of the molecule is CCCCOCCOc1cccc(F)c1C(C)NCCC. The van der Waals surface area contributed by atoms with Gasteiger partial charge >= 0.3 is 0 Å². The van der Waals surface area contributed by atoms with Gasteiger partial charge in [-0.05, 0) is 38.4 Å². The van der Waals surface area contributed by atoms with E-state index in [4.69, 9.17) is 9.47 Å². The molecule has 0 amide bonds. The molecule has 1 atom stereocenters. The summed E-state index contributed by atoms with van der Waals surface area (Å²) in [4.78, 5) is 0. The normalized spacial score (nSPS) is 12.4. The fourth-order valence-electron chi connectivity index (χ4n) is 2.09. The van der Waals surface area contributed by atoms with Crippen LogP contribution >= 0.6 is 0 Å². The van der Waals surface area contributed by atoms with E-state index in [1.165, 1.54) is 6.07 Å². The number of benzene rings is 1. The predicted molar refractivity (Wildman–Crippen MR) is 84.3 cm³/mol. The molecule has 0 spiro atoms. The van der Waals surface area contributed by atoms with Crippen molar-refractivity contribution in [2.24, 2.45) is 0 Å². The van der Waals surface area contributed by atoms with Crippen molar-refractivity contribution >= 4 is 0 Å². The topological polar surface area (TPSA) is 30.5 Å². The van der Waals surface area contributed by atoms with Crippen molar-refractivity contribution in [3.63, 3.8) is 0 Å². The van der Waals surface area contributed by atoms with Gasteiger partial charge in [0.25, 0.3) is 0 Å². The van der Waals surface area contributed by atoms with E-state index in [0.29, 0.717) is 24.5 Å². The van der Waals surface area contributed by atoms with Gasteiger partial charge in [0.2, 0.25) is 0 Å². The fourth-order valence-corrected chi connectivity index (χ4v) is 2.09. The Labute approximate surface area is 127 Å². The van der Waals surface area contributed by atoms with Crippen molar-refractivity contribution < 1.29 is 13.9 Å². The first-order chi connectivity index (χ1) is 10.2. The molecular weight excluding hydrogens is 269 g/mol. The molecule has 0 saturated heterocycles. The number of hydrogen-bond donors (Lipinski definition) is 1. The van der Waals surface area contributed by atoms with Gasteiger partial charge in [0.05, 0.1) is 6.61 Å². The molecule has 4 heteroatoms. The molecule has 0 bridgehead atoms. The molecule has 1 aromatic rings. The third-order valence-corrected chi connectivity index (χ3v) is 3.27. The fraction of sp³-hybridized carbons (Fsp3) is 0.647. The van der Waals surface area contributed by atoms with Gasteiger partial charge in [-0.2, -0.15) is 0 Å². The summed E-state index contributed by atoms with van der Waals surface area (Å²) in [6.07, 6.45) is 3.19. The van der Waals surface area contributed by atoms with Gasteiger partial charge in [0, 0.05) is 18.2 Å². The van der Waals surface area contributed by atoms with E-state index in [9.17, 15) is 4.39 Å². The van der Waals surface area contributed by atoms with E-state index in [2.05, 4.69) is 19.2 Å². The number of rotatable bonds is 11. The Hall–Kier alpha value is -1.13. The molecule has 1 unspecified atom stereocenters. The van der Waals surface area contributed by atoms with E-state index >= 15 is 0 Å². The van der Waals surface area contributed by atoms with Crippen LogP contribution in [0.4, 0.5) is 4.39 Å². The maximum atomic E-state index is 14.1. The maximum Gasteiger partial charge on any atom is 0.131 e. The number of unbranched alkanes of at least 4 members (excludes halogenated alkanes) is 1.